The zero-order valence-corrected chi connectivity index (χ0v) is 9.08. The van der Waals surface area contributed by atoms with Crippen LogP contribution >= 0.6 is 0 Å². The van der Waals surface area contributed by atoms with Crippen LogP contribution in [0.1, 0.15) is 6.92 Å². The summed E-state index contributed by atoms with van der Waals surface area (Å²) in [6.45, 7) is 2.55. The molecule has 1 heterocycles. The Morgan fingerprint density at radius 1 is 1.31 bits per heavy atom. The highest BCUT2D eigenvalue weighted by atomic mass is 16.2. The topological polar surface area (TPSA) is 38.1 Å². The number of benzene rings is 1. The molecule has 0 bridgehead atoms. The van der Waals surface area contributed by atoms with Crippen molar-refractivity contribution in [2.24, 2.45) is 0 Å². The molecule has 1 aromatic heterocycles. The Hall–Kier alpha value is -2.10. The molecular formula is C12H13N3O. The quantitative estimate of drug-likeness (QED) is 0.771. The maximum atomic E-state index is 12.1. The first-order valence-corrected chi connectivity index (χ1v) is 5.19. The Balaban J connectivity index is 2.27. The first-order chi connectivity index (χ1) is 7.83. The van der Waals surface area contributed by atoms with Crippen molar-refractivity contribution in [1.82, 2.24) is 9.78 Å². The molecule has 0 radical (unpaired) electrons. The molecule has 0 aliphatic carbocycles. The fraction of sp³-hybridized carbons (Fsp3) is 0.167. The van der Waals surface area contributed by atoms with Crippen LogP contribution in [0.5, 0.6) is 0 Å². The van der Waals surface area contributed by atoms with Gasteiger partial charge < -0.3 is 0 Å². The van der Waals surface area contributed by atoms with Gasteiger partial charge in [0.15, 0.2) is 0 Å². The van der Waals surface area contributed by atoms with E-state index in [0.717, 1.165) is 5.69 Å². The smallest absolute Gasteiger partial charge is 0.293 e. The van der Waals surface area contributed by atoms with Crippen LogP contribution < -0.4 is 4.90 Å². The van der Waals surface area contributed by atoms with Crippen molar-refractivity contribution in [3.8, 4) is 0 Å². The van der Waals surface area contributed by atoms with Gasteiger partial charge in [0.05, 0.1) is 0 Å². The molecule has 0 saturated carbocycles. The monoisotopic (exact) mass is 215 g/mol. The summed E-state index contributed by atoms with van der Waals surface area (Å²) < 4.78 is 1.33. The third kappa shape index (κ3) is 1.95. The fourth-order valence-corrected chi connectivity index (χ4v) is 1.54. The number of rotatable bonds is 2. The van der Waals surface area contributed by atoms with E-state index < -0.39 is 0 Å². The Kier molecular flexibility index (Phi) is 3.00. The van der Waals surface area contributed by atoms with Gasteiger partial charge in [-0.15, -0.1) is 0 Å². The molecule has 2 aromatic rings. The van der Waals surface area contributed by atoms with Gasteiger partial charge in [0.2, 0.25) is 0 Å². The molecular weight excluding hydrogens is 202 g/mol. The summed E-state index contributed by atoms with van der Waals surface area (Å²) in [5.74, 6) is 0. The van der Waals surface area contributed by atoms with Gasteiger partial charge in [-0.05, 0) is 25.1 Å². The molecule has 82 valence electrons. The molecule has 2 rings (SSSR count). The summed E-state index contributed by atoms with van der Waals surface area (Å²) in [5, 5.41) is 3.94. The van der Waals surface area contributed by atoms with Gasteiger partial charge in [-0.3, -0.25) is 4.90 Å². The van der Waals surface area contributed by atoms with Crippen LogP contribution in [0, 0.1) is 0 Å². The molecule has 0 atom stereocenters. The fourth-order valence-electron chi connectivity index (χ4n) is 1.54. The van der Waals surface area contributed by atoms with Crippen LogP contribution in [-0.2, 0) is 0 Å². The van der Waals surface area contributed by atoms with Gasteiger partial charge in [0, 0.05) is 24.6 Å². The number of amides is 1. The predicted molar refractivity (Wildman–Crippen MR) is 62.5 cm³/mol. The van der Waals surface area contributed by atoms with Gasteiger partial charge in [-0.2, -0.15) is 9.78 Å². The van der Waals surface area contributed by atoms with E-state index in [2.05, 4.69) is 5.10 Å². The number of aromatic nitrogens is 2. The van der Waals surface area contributed by atoms with E-state index in [0.29, 0.717) is 6.54 Å². The predicted octanol–water partition coefficient (Wildman–Crippen LogP) is 2.38. The first kappa shape index (κ1) is 10.4. The third-order valence-corrected chi connectivity index (χ3v) is 2.32. The van der Waals surface area contributed by atoms with Crippen LogP contribution in [-0.4, -0.2) is 22.4 Å². The van der Waals surface area contributed by atoms with Gasteiger partial charge in [-0.1, -0.05) is 18.2 Å². The van der Waals surface area contributed by atoms with Gasteiger partial charge in [-0.25, -0.2) is 4.79 Å². The van der Waals surface area contributed by atoms with Crippen molar-refractivity contribution in [2.45, 2.75) is 6.92 Å². The maximum Gasteiger partial charge on any atom is 0.349 e. The molecule has 1 amide bonds. The molecule has 4 heteroatoms. The summed E-state index contributed by atoms with van der Waals surface area (Å²) in [7, 11) is 0. The number of nitrogens with zero attached hydrogens (tertiary/aromatic N) is 3. The average molecular weight is 215 g/mol. The molecule has 0 unspecified atom stereocenters. The van der Waals surface area contributed by atoms with Crippen molar-refractivity contribution in [3.05, 3.63) is 48.8 Å². The van der Waals surface area contributed by atoms with E-state index in [-0.39, 0.29) is 6.03 Å². The number of para-hydroxylation sites is 1. The highest BCUT2D eigenvalue weighted by Crippen LogP contribution is 2.13. The second-order valence-electron chi connectivity index (χ2n) is 3.31. The molecule has 0 spiro atoms. The number of hydrogen-bond donors (Lipinski definition) is 0. The minimum Gasteiger partial charge on any atom is -0.293 e. The Bertz CT molecular complexity index is 450. The minimum atomic E-state index is -0.140. The summed E-state index contributed by atoms with van der Waals surface area (Å²) in [6, 6.07) is 11.2. The summed E-state index contributed by atoms with van der Waals surface area (Å²) in [5.41, 5.74) is 0.880. The number of carbonyl (C=O) groups is 1. The second kappa shape index (κ2) is 4.61. The second-order valence-corrected chi connectivity index (χ2v) is 3.31. The molecule has 0 saturated heterocycles. The molecule has 0 fully saturated rings. The minimum absolute atomic E-state index is 0.140. The zero-order valence-electron chi connectivity index (χ0n) is 9.08. The molecule has 1 aromatic carbocycles. The van der Waals surface area contributed by atoms with Crippen molar-refractivity contribution in [3.63, 3.8) is 0 Å². The van der Waals surface area contributed by atoms with Gasteiger partial charge in [0.1, 0.15) is 0 Å². The van der Waals surface area contributed by atoms with E-state index in [1.54, 1.807) is 23.4 Å². The van der Waals surface area contributed by atoms with Crippen LogP contribution in [0.15, 0.2) is 48.8 Å². The lowest BCUT2D eigenvalue weighted by atomic mass is 10.3. The van der Waals surface area contributed by atoms with E-state index in [9.17, 15) is 4.79 Å². The lowest BCUT2D eigenvalue weighted by molar-refractivity contribution is 0.245. The van der Waals surface area contributed by atoms with Crippen molar-refractivity contribution >= 4 is 11.7 Å². The number of hydrogen-bond acceptors (Lipinski definition) is 2. The summed E-state index contributed by atoms with van der Waals surface area (Å²) in [4.78, 5) is 13.7. The maximum absolute atomic E-state index is 12.1. The van der Waals surface area contributed by atoms with Crippen molar-refractivity contribution < 1.29 is 4.79 Å². The molecule has 16 heavy (non-hydrogen) atoms. The normalized spacial score (nSPS) is 10.1. The molecule has 0 aliphatic rings. The average Bonchev–Trinajstić information content (AvgIpc) is 2.85. The van der Waals surface area contributed by atoms with Crippen molar-refractivity contribution in [2.75, 3.05) is 11.4 Å². The summed E-state index contributed by atoms with van der Waals surface area (Å²) in [6.07, 6.45) is 3.24. The van der Waals surface area contributed by atoms with Crippen LogP contribution in [0.25, 0.3) is 0 Å². The lowest BCUT2D eigenvalue weighted by Gasteiger charge is -2.20. The van der Waals surface area contributed by atoms with Crippen LogP contribution in [0.3, 0.4) is 0 Å². The van der Waals surface area contributed by atoms with E-state index in [4.69, 9.17) is 0 Å². The van der Waals surface area contributed by atoms with E-state index in [1.165, 1.54) is 4.68 Å². The Morgan fingerprint density at radius 3 is 2.62 bits per heavy atom. The zero-order chi connectivity index (χ0) is 11.4. The Labute approximate surface area is 94.1 Å². The van der Waals surface area contributed by atoms with E-state index >= 15 is 0 Å². The first-order valence-electron chi connectivity index (χ1n) is 5.19. The van der Waals surface area contributed by atoms with Crippen LogP contribution in [0.4, 0.5) is 10.5 Å². The molecule has 4 nitrogen and oxygen atoms in total. The van der Waals surface area contributed by atoms with Crippen molar-refractivity contribution in [1.29, 1.82) is 0 Å². The third-order valence-electron chi connectivity index (χ3n) is 2.32. The highest BCUT2D eigenvalue weighted by Gasteiger charge is 2.15. The SMILES string of the molecule is CCN(C(=O)n1cccn1)c1ccccc1. The summed E-state index contributed by atoms with van der Waals surface area (Å²) >= 11 is 0. The number of carbonyl (C=O) groups excluding carboxylic acids is 1. The lowest BCUT2D eigenvalue weighted by Crippen LogP contribution is -2.34. The molecule has 0 aliphatic heterocycles. The van der Waals surface area contributed by atoms with Gasteiger partial charge >= 0.3 is 6.03 Å². The highest BCUT2D eigenvalue weighted by molar-refractivity contribution is 5.92. The molecule has 0 N–H and O–H groups in total. The number of anilines is 1. The Morgan fingerprint density at radius 2 is 2.06 bits per heavy atom. The van der Waals surface area contributed by atoms with Gasteiger partial charge in [0.25, 0.3) is 0 Å². The largest absolute Gasteiger partial charge is 0.349 e. The van der Waals surface area contributed by atoms with E-state index in [1.807, 2.05) is 37.3 Å². The van der Waals surface area contributed by atoms with Crippen LogP contribution in [0.2, 0.25) is 0 Å². The standard InChI is InChI=1S/C12H13N3O/c1-2-14(11-7-4-3-5-8-11)12(16)15-10-6-9-13-15/h3-10H,2H2,1H3.